The van der Waals surface area contributed by atoms with Crippen LogP contribution in [-0.2, 0) is 0 Å². The maximum absolute atomic E-state index is 12.3. The van der Waals surface area contributed by atoms with Crippen LogP contribution in [0.1, 0.15) is 16.1 Å². The maximum Gasteiger partial charge on any atom is 0.289 e. The molecule has 1 saturated heterocycles. The average Bonchev–Trinajstić information content (AvgIpc) is 2.94. The molecule has 2 aromatic heterocycles. The van der Waals surface area contributed by atoms with Gasteiger partial charge in [0, 0.05) is 37.9 Å². The van der Waals surface area contributed by atoms with E-state index in [0.29, 0.717) is 18.8 Å². The summed E-state index contributed by atoms with van der Waals surface area (Å²) in [5.41, 5.74) is 0.891. The molecule has 1 aliphatic rings. The summed E-state index contributed by atoms with van der Waals surface area (Å²) >= 11 is 0. The van der Waals surface area contributed by atoms with Crippen molar-refractivity contribution in [1.82, 2.24) is 9.88 Å². The second-order valence-electron chi connectivity index (χ2n) is 4.90. The Kier molecular flexibility index (Phi) is 3.41. The average molecular weight is 271 g/mol. The molecule has 0 aliphatic carbocycles. The Labute approximate surface area is 117 Å². The van der Waals surface area contributed by atoms with E-state index in [1.54, 1.807) is 12.5 Å². The highest BCUT2D eigenvalue weighted by atomic mass is 16.3. The van der Waals surface area contributed by atoms with Crippen molar-refractivity contribution in [1.29, 1.82) is 0 Å². The lowest BCUT2D eigenvalue weighted by molar-refractivity contribution is 0.0713. The Bertz CT molecular complexity index is 586. The summed E-state index contributed by atoms with van der Waals surface area (Å²) in [6, 6.07) is 7.70. The minimum absolute atomic E-state index is 0.0202. The number of hydrogen-bond acceptors (Lipinski definition) is 4. The number of amides is 1. The topological polar surface area (TPSA) is 49.6 Å². The molecule has 1 fully saturated rings. The van der Waals surface area contributed by atoms with Gasteiger partial charge in [-0.2, -0.15) is 0 Å². The molecule has 0 radical (unpaired) electrons. The maximum atomic E-state index is 12.3. The summed E-state index contributed by atoms with van der Waals surface area (Å²) in [4.78, 5) is 20.7. The first kappa shape index (κ1) is 12.7. The number of furan rings is 1. The monoisotopic (exact) mass is 271 g/mol. The fourth-order valence-corrected chi connectivity index (χ4v) is 2.41. The van der Waals surface area contributed by atoms with E-state index in [9.17, 15) is 4.79 Å². The quantitative estimate of drug-likeness (QED) is 0.837. The number of aryl methyl sites for hydroxylation is 1. The van der Waals surface area contributed by atoms with Crippen LogP contribution in [0.3, 0.4) is 0 Å². The SMILES string of the molecule is Cc1ccoc1C(=O)N1CCN(c2ccccn2)CC1. The minimum atomic E-state index is -0.0202. The molecule has 0 N–H and O–H groups in total. The van der Waals surface area contributed by atoms with Crippen molar-refractivity contribution in [3.8, 4) is 0 Å². The summed E-state index contributed by atoms with van der Waals surface area (Å²) in [5, 5.41) is 0. The molecule has 0 spiro atoms. The van der Waals surface area contributed by atoms with E-state index in [1.165, 1.54) is 0 Å². The van der Waals surface area contributed by atoms with Crippen molar-refractivity contribution in [2.45, 2.75) is 6.92 Å². The normalized spacial score (nSPS) is 15.4. The Morgan fingerprint density at radius 3 is 2.60 bits per heavy atom. The fourth-order valence-electron chi connectivity index (χ4n) is 2.41. The van der Waals surface area contributed by atoms with Crippen LogP contribution in [0.2, 0.25) is 0 Å². The molecule has 5 nitrogen and oxygen atoms in total. The predicted octanol–water partition coefficient (Wildman–Crippen LogP) is 1.95. The van der Waals surface area contributed by atoms with E-state index in [4.69, 9.17) is 4.42 Å². The van der Waals surface area contributed by atoms with Crippen LogP contribution in [0.5, 0.6) is 0 Å². The number of carbonyl (C=O) groups excluding carboxylic acids is 1. The lowest BCUT2D eigenvalue weighted by Gasteiger charge is -2.35. The second kappa shape index (κ2) is 5.36. The third-order valence-electron chi connectivity index (χ3n) is 3.60. The number of carbonyl (C=O) groups is 1. The zero-order valence-corrected chi connectivity index (χ0v) is 11.5. The van der Waals surface area contributed by atoms with Crippen molar-refractivity contribution in [3.05, 3.63) is 48.0 Å². The summed E-state index contributed by atoms with van der Waals surface area (Å²) in [7, 11) is 0. The summed E-state index contributed by atoms with van der Waals surface area (Å²) in [6.45, 7) is 4.86. The van der Waals surface area contributed by atoms with E-state index in [-0.39, 0.29) is 5.91 Å². The smallest absolute Gasteiger partial charge is 0.289 e. The number of piperazine rings is 1. The molecule has 1 amide bonds. The predicted molar refractivity (Wildman–Crippen MR) is 75.8 cm³/mol. The number of nitrogens with zero attached hydrogens (tertiary/aromatic N) is 3. The Morgan fingerprint density at radius 1 is 1.20 bits per heavy atom. The van der Waals surface area contributed by atoms with Gasteiger partial charge in [0.05, 0.1) is 6.26 Å². The number of anilines is 1. The van der Waals surface area contributed by atoms with Crippen molar-refractivity contribution in [3.63, 3.8) is 0 Å². The first-order valence-electron chi connectivity index (χ1n) is 6.75. The van der Waals surface area contributed by atoms with Gasteiger partial charge >= 0.3 is 0 Å². The zero-order chi connectivity index (χ0) is 13.9. The molecule has 2 aromatic rings. The number of aromatic nitrogens is 1. The standard InChI is InChI=1S/C15H17N3O2/c1-12-5-11-20-14(12)15(19)18-9-7-17(8-10-18)13-4-2-3-6-16-13/h2-6,11H,7-10H2,1H3. The van der Waals surface area contributed by atoms with Crippen LogP contribution < -0.4 is 4.90 Å². The highest BCUT2D eigenvalue weighted by Crippen LogP contribution is 2.16. The summed E-state index contributed by atoms with van der Waals surface area (Å²) in [6.07, 6.45) is 3.35. The molecule has 104 valence electrons. The van der Waals surface area contributed by atoms with E-state index >= 15 is 0 Å². The van der Waals surface area contributed by atoms with E-state index in [0.717, 1.165) is 24.5 Å². The fraction of sp³-hybridized carbons (Fsp3) is 0.333. The Hall–Kier alpha value is -2.30. The molecule has 3 heterocycles. The third-order valence-corrected chi connectivity index (χ3v) is 3.60. The van der Waals surface area contributed by atoms with Crippen LogP contribution in [0, 0.1) is 6.92 Å². The Morgan fingerprint density at radius 2 is 2.00 bits per heavy atom. The van der Waals surface area contributed by atoms with E-state index < -0.39 is 0 Å². The third kappa shape index (κ3) is 2.39. The lowest BCUT2D eigenvalue weighted by atomic mass is 10.2. The Balaban J connectivity index is 1.64. The van der Waals surface area contributed by atoms with Crippen molar-refractivity contribution >= 4 is 11.7 Å². The van der Waals surface area contributed by atoms with Gasteiger partial charge in [-0.3, -0.25) is 4.79 Å². The number of hydrogen-bond donors (Lipinski definition) is 0. The van der Waals surface area contributed by atoms with Gasteiger partial charge in [0.25, 0.3) is 5.91 Å². The number of rotatable bonds is 2. The van der Waals surface area contributed by atoms with Crippen LogP contribution in [-0.4, -0.2) is 42.0 Å². The molecule has 1 aliphatic heterocycles. The molecule has 0 aromatic carbocycles. The molecule has 5 heteroatoms. The van der Waals surface area contributed by atoms with Crippen LogP contribution in [0.25, 0.3) is 0 Å². The van der Waals surface area contributed by atoms with Crippen LogP contribution >= 0.6 is 0 Å². The summed E-state index contributed by atoms with van der Waals surface area (Å²) < 4.78 is 5.27. The largest absolute Gasteiger partial charge is 0.459 e. The van der Waals surface area contributed by atoms with Crippen LogP contribution in [0.4, 0.5) is 5.82 Å². The molecule has 0 unspecified atom stereocenters. The summed E-state index contributed by atoms with van der Waals surface area (Å²) in [5.74, 6) is 1.40. The first-order chi connectivity index (χ1) is 9.75. The zero-order valence-electron chi connectivity index (χ0n) is 11.5. The highest BCUT2D eigenvalue weighted by Gasteiger charge is 2.25. The van der Waals surface area contributed by atoms with Gasteiger partial charge in [-0.25, -0.2) is 4.98 Å². The lowest BCUT2D eigenvalue weighted by Crippen LogP contribution is -2.49. The van der Waals surface area contributed by atoms with Gasteiger partial charge in [0.15, 0.2) is 5.76 Å². The first-order valence-corrected chi connectivity index (χ1v) is 6.75. The molecule has 3 rings (SSSR count). The van der Waals surface area contributed by atoms with Crippen molar-refractivity contribution < 1.29 is 9.21 Å². The van der Waals surface area contributed by atoms with Gasteiger partial charge in [0.1, 0.15) is 5.82 Å². The molecular formula is C15H17N3O2. The second-order valence-corrected chi connectivity index (χ2v) is 4.90. The molecule has 0 bridgehead atoms. The van der Waals surface area contributed by atoms with Gasteiger partial charge in [-0.15, -0.1) is 0 Å². The van der Waals surface area contributed by atoms with Crippen LogP contribution in [0.15, 0.2) is 41.1 Å². The van der Waals surface area contributed by atoms with Gasteiger partial charge in [-0.1, -0.05) is 6.07 Å². The van der Waals surface area contributed by atoms with Crippen molar-refractivity contribution in [2.75, 3.05) is 31.1 Å². The van der Waals surface area contributed by atoms with Gasteiger partial charge < -0.3 is 14.2 Å². The molecular weight excluding hydrogens is 254 g/mol. The van der Waals surface area contributed by atoms with E-state index in [2.05, 4.69) is 9.88 Å². The van der Waals surface area contributed by atoms with Crippen molar-refractivity contribution in [2.24, 2.45) is 0 Å². The molecule has 0 saturated carbocycles. The van der Waals surface area contributed by atoms with E-state index in [1.807, 2.05) is 36.1 Å². The highest BCUT2D eigenvalue weighted by molar-refractivity contribution is 5.93. The van der Waals surface area contributed by atoms with Gasteiger partial charge in [0.2, 0.25) is 0 Å². The molecule has 0 atom stereocenters. The van der Waals surface area contributed by atoms with Gasteiger partial charge in [-0.05, 0) is 25.1 Å². The molecule has 20 heavy (non-hydrogen) atoms. The number of pyridine rings is 1. The minimum Gasteiger partial charge on any atom is -0.459 e.